The minimum absolute atomic E-state index is 0.384. The molecule has 0 aromatic heterocycles. The number of halogens is 1. The average Bonchev–Trinajstić information content (AvgIpc) is 2.63. The maximum atomic E-state index is 6.23. The molecule has 2 aromatic rings. The van der Waals surface area contributed by atoms with Gasteiger partial charge in [-0.1, -0.05) is 53.7 Å². The molecule has 5 nitrogen and oxygen atoms in total. The van der Waals surface area contributed by atoms with Crippen molar-refractivity contribution in [1.82, 2.24) is 0 Å². The first-order chi connectivity index (χ1) is 12.1. The normalized spacial score (nSPS) is 11.7. The van der Waals surface area contributed by atoms with Crippen molar-refractivity contribution in [2.75, 3.05) is 13.7 Å². The molecule has 7 heteroatoms. The second-order valence-electron chi connectivity index (χ2n) is 4.91. The first-order valence-electron chi connectivity index (χ1n) is 7.67. The van der Waals surface area contributed by atoms with Crippen molar-refractivity contribution < 1.29 is 9.47 Å². The Morgan fingerprint density at radius 1 is 1.24 bits per heavy atom. The quantitative estimate of drug-likeness (QED) is 0.443. The molecule has 0 aliphatic carbocycles. The molecule has 0 bridgehead atoms. The van der Waals surface area contributed by atoms with Gasteiger partial charge < -0.3 is 15.2 Å². The Bertz CT molecular complexity index is 751. The summed E-state index contributed by atoms with van der Waals surface area (Å²) in [4.78, 5) is 0. The number of methoxy groups -OCH3 is 1. The van der Waals surface area contributed by atoms with Crippen molar-refractivity contribution in [3.05, 3.63) is 58.6 Å². The largest absolute Gasteiger partial charge is 0.493 e. The topological polar surface area (TPSA) is 69.2 Å². The Kier molecular flexibility index (Phi) is 7.63. The predicted octanol–water partition coefficient (Wildman–Crippen LogP) is 4.33. The second kappa shape index (κ2) is 9.96. The molecular formula is C18H20ClN3O2S. The third-order valence-electron chi connectivity index (χ3n) is 3.17. The van der Waals surface area contributed by atoms with Gasteiger partial charge in [-0.25, -0.2) is 0 Å². The number of nitrogens with two attached hydrogens (primary N) is 1. The lowest BCUT2D eigenvalue weighted by Gasteiger charge is -2.10. The van der Waals surface area contributed by atoms with Crippen LogP contribution in [0.4, 0.5) is 0 Å². The molecule has 2 rings (SSSR count). The van der Waals surface area contributed by atoms with Gasteiger partial charge in [0.1, 0.15) is 0 Å². The van der Waals surface area contributed by atoms with E-state index in [1.54, 1.807) is 25.5 Å². The molecule has 2 aromatic carbocycles. The van der Waals surface area contributed by atoms with Crippen LogP contribution in [0, 0.1) is 0 Å². The number of benzene rings is 2. The van der Waals surface area contributed by atoms with Crippen LogP contribution >= 0.6 is 23.4 Å². The van der Waals surface area contributed by atoms with Gasteiger partial charge in [-0.15, -0.1) is 5.10 Å². The van der Waals surface area contributed by atoms with Gasteiger partial charge in [0.15, 0.2) is 16.7 Å². The number of hydrogen-bond acceptors (Lipinski definition) is 5. The first kappa shape index (κ1) is 19.1. The van der Waals surface area contributed by atoms with E-state index in [-0.39, 0.29) is 0 Å². The zero-order chi connectivity index (χ0) is 18.1. The molecule has 0 spiro atoms. The molecule has 25 heavy (non-hydrogen) atoms. The van der Waals surface area contributed by atoms with Crippen LogP contribution in [0.1, 0.15) is 18.1 Å². The zero-order valence-electron chi connectivity index (χ0n) is 14.1. The summed E-state index contributed by atoms with van der Waals surface area (Å²) in [7, 11) is 1.57. The van der Waals surface area contributed by atoms with Crippen LogP contribution in [0.5, 0.6) is 11.5 Å². The zero-order valence-corrected chi connectivity index (χ0v) is 15.7. The third kappa shape index (κ3) is 5.99. The number of amidine groups is 1. The second-order valence-corrected chi connectivity index (χ2v) is 6.32. The summed E-state index contributed by atoms with van der Waals surface area (Å²) in [6.07, 6.45) is 1.54. The SMILES string of the molecule is CCOc1cc(C=NN=C(N)SCc2ccccc2)c(Cl)cc1OC. The lowest BCUT2D eigenvalue weighted by Crippen LogP contribution is -2.06. The van der Waals surface area contributed by atoms with Crippen LogP contribution < -0.4 is 15.2 Å². The summed E-state index contributed by atoms with van der Waals surface area (Å²) in [5, 5.41) is 8.88. The first-order valence-corrected chi connectivity index (χ1v) is 9.04. The van der Waals surface area contributed by atoms with Gasteiger partial charge in [-0.05, 0) is 18.6 Å². The van der Waals surface area contributed by atoms with Crippen LogP contribution in [-0.4, -0.2) is 25.1 Å². The summed E-state index contributed by atoms with van der Waals surface area (Å²) >= 11 is 7.65. The van der Waals surface area contributed by atoms with E-state index in [4.69, 9.17) is 26.8 Å². The maximum Gasteiger partial charge on any atom is 0.180 e. The predicted molar refractivity (Wildman–Crippen MR) is 106 cm³/mol. The molecule has 0 unspecified atom stereocenters. The van der Waals surface area contributed by atoms with E-state index in [2.05, 4.69) is 10.2 Å². The molecule has 0 saturated carbocycles. The summed E-state index contributed by atoms with van der Waals surface area (Å²) in [5.41, 5.74) is 7.72. The Morgan fingerprint density at radius 2 is 2.00 bits per heavy atom. The van der Waals surface area contributed by atoms with Gasteiger partial charge in [-0.3, -0.25) is 0 Å². The van der Waals surface area contributed by atoms with Crippen molar-refractivity contribution in [2.45, 2.75) is 12.7 Å². The van der Waals surface area contributed by atoms with Gasteiger partial charge in [0.25, 0.3) is 0 Å². The highest BCUT2D eigenvalue weighted by atomic mass is 35.5. The molecule has 2 N–H and O–H groups in total. The molecule has 0 heterocycles. The van der Waals surface area contributed by atoms with E-state index in [1.807, 2.05) is 37.3 Å². The van der Waals surface area contributed by atoms with Crippen LogP contribution in [0.2, 0.25) is 5.02 Å². The number of rotatable bonds is 7. The monoisotopic (exact) mass is 377 g/mol. The van der Waals surface area contributed by atoms with Gasteiger partial charge in [0.2, 0.25) is 0 Å². The molecule has 0 fully saturated rings. The Balaban J connectivity index is 2.03. The lowest BCUT2D eigenvalue weighted by atomic mass is 10.2. The molecule has 0 saturated heterocycles. The van der Waals surface area contributed by atoms with Gasteiger partial charge in [0, 0.05) is 17.4 Å². The fraction of sp³-hybridized carbons (Fsp3) is 0.222. The van der Waals surface area contributed by atoms with Crippen LogP contribution in [-0.2, 0) is 5.75 Å². The van der Waals surface area contributed by atoms with Gasteiger partial charge in [-0.2, -0.15) is 5.10 Å². The van der Waals surface area contributed by atoms with Crippen LogP contribution in [0.25, 0.3) is 0 Å². The molecule has 0 aliphatic heterocycles. The van der Waals surface area contributed by atoms with E-state index in [0.29, 0.717) is 33.9 Å². The highest BCUT2D eigenvalue weighted by Gasteiger charge is 2.09. The van der Waals surface area contributed by atoms with Crippen molar-refractivity contribution in [1.29, 1.82) is 0 Å². The fourth-order valence-electron chi connectivity index (χ4n) is 1.99. The van der Waals surface area contributed by atoms with Crippen molar-refractivity contribution >= 4 is 34.7 Å². The molecular weight excluding hydrogens is 358 g/mol. The maximum absolute atomic E-state index is 6.23. The van der Waals surface area contributed by atoms with Gasteiger partial charge >= 0.3 is 0 Å². The molecule has 0 radical (unpaired) electrons. The number of hydrogen-bond donors (Lipinski definition) is 1. The van der Waals surface area contributed by atoms with Crippen LogP contribution in [0.3, 0.4) is 0 Å². The number of nitrogens with zero attached hydrogens (tertiary/aromatic N) is 2. The third-order valence-corrected chi connectivity index (χ3v) is 4.35. The summed E-state index contributed by atoms with van der Waals surface area (Å²) in [6.45, 7) is 2.42. The minimum atomic E-state index is 0.384. The van der Waals surface area contributed by atoms with Crippen molar-refractivity contribution in [3.63, 3.8) is 0 Å². The standard InChI is InChI=1S/C18H20ClN3O2S/c1-3-24-17-9-14(15(19)10-16(17)23-2)11-21-22-18(20)25-12-13-7-5-4-6-8-13/h4-11H,3,12H2,1-2H3,(H2,20,22). The lowest BCUT2D eigenvalue weighted by molar-refractivity contribution is 0.311. The fourth-order valence-corrected chi connectivity index (χ4v) is 2.80. The average molecular weight is 378 g/mol. The summed E-state index contributed by atoms with van der Waals surface area (Å²) in [5.74, 6) is 1.92. The summed E-state index contributed by atoms with van der Waals surface area (Å²) in [6, 6.07) is 13.5. The molecule has 132 valence electrons. The Labute approximate surface area is 156 Å². The van der Waals surface area contributed by atoms with E-state index in [0.717, 1.165) is 5.75 Å². The van der Waals surface area contributed by atoms with E-state index < -0.39 is 0 Å². The summed E-state index contributed by atoms with van der Waals surface area (Å²) < 4.78 is 10.8. The molecule has 0 amide bonds. The smallest absolute Gasteiger partial charge is 0.180 e. The highest BCUT2D eigenvalue weighted by molar-refractivity contribution is 8.13. The van der Waals surface area contributed by atoms with Crippen molar-refractivity contribution in [2.24, 2.45) is 15.9 Å². The molecule has 0 aliphatic rings. The molecule has 0 atom stereocenters. The number of ether oxygens (including phenoxy) is 2. The van der Waals surface area contributed by atoms with Crippen molar-refractivity contribution in [3.8, 4) is 11.5 Å². The van der Waals surface area contributed by atoms with E-state index in [9.17, 15) is 0 Å². The Hall–Kier alpha value is -2.18. The number of thioether (sulfide) groups is 1. The van der Waals surface area contributed by atoms with E-state index >= 15 is 0 Å². The van der Waals surface area contributed by atoms with Gasteiger partial charge in [0.05, 0.1) is 25.0 Å². The Morgan fingerprint density at radius 3 is 2.68 bits per heavy atom. The highest BCUT2D eigenvalue weighted by Crippen LogP contribution is 2.32. The minimum Gasteiger partial charge on any atom is -0.493 e. The van der Waals surface area contributed by atoms with Crippen LogP contribution in [0.15, 0.2) is 52.7 Å². The van der Waals surface area contributed by atoms with E-state index in [1.165, 1.54) is 17.3 Å².